The first-order valence-electron chi connectivity index (χ1n) is 7.98. The molecule has 4 heteroatoms. The van der Waals surface area contributed by atoms with Crippen LogP contribution < -0.4 is 15.4 Å². The number of benzene rings is 2. The first-order valence-corrected chi connectivity index (χ1v) is 8.39. The summed E-state index contributed by atoms with van der Waals surface area (Å²) in [4.78, 5) is 0. The number of rotatable bonds is 6. The van der Waals surface area contributed by atoms with Crippen LogP contribution in [0.4, 0.5) is 5.69 Å². The molecule has 0 aliphatic heterocycles. The Morgan fingerprint density at radius 2 is 1.88 bits per heavy atom. The zero-order valence-corrected chi connectivity index (χ0v) is 15.2. The number of ether oxygens (including phenoxy) is 1. The van der Waals surface area contributed by atoms with Crippen LogP contribution in [0.3, 0.4) is 0 Å². The van der Waals surface area contributed by atoms with Gasteiger partial charge in [0.05, 0.1) is 6.04 Å². The van der Waals surface area contributed by atoms with Crippen molar-refractivity contribution >= 4 is 23.0 Å². The van der Waals surface area contributed by atoms with E-state index in [9.17, 15) is 0 Å². The van der Waals surface area contributed by atoms with Gasteiger partial charge in [0.15, 0.2) is 5.11 Å². The molecule has 0 aliphatic carbocycles. The van der Waals surface area contributed by atoms with Crippen molar-refractivity contribution in [3.8, 4) is 5.75 Å². The molecule has 0 amide bonds. The lowest BCUT2D eigenvalue weighted by atomic mass is 10.0. The van der Waals surface area contributed by atoms with Crippen LogP contribution in [-0.4, -0.2) is 11.7 Å². The molecule has 2 aromatic rings. The van der Waals surface area contributed by atoms with Crippen LogP contribution >= 0.6 is 12.2 Å². The van der Waals surface area contributed by atoms with Gasteiger partial charge in [0.25, 0.3) is 0 Å². The van der Waals surface area contributed by atoms with Gasteiger partial charge >= 0.3 is 0 Å². The molecular formula is C20H24N2OS. The number of hydrogen-bond donors (Lipinski definition) is 2. The monoisotopic (exact) mass is 340 g/mol. The maximum atomic E-state index is 5.46. The number of aryl methyl sites for hydroxylation is 2. The minimum Gasteiger partial charge on any atom is -0.490 e. The van der Waals surface area contributed by atoms with Gasteiger partial charge in [0.1, 0.15) is 12.4 Å². The predicted molar refractivity (Wildman–Crippen MR) is 106 cm³/mol. The molecule has 0 radical (unpaired) electrons. The van der Waals surface area contributed by atoms with Gasteiger partial charge in [-0.2, -0.15) is 0 Å². The Morgan fingerprint density at radius 1 is 1.17 bits per heavy atom. The van der Waals surface area contributed by atoms with Crippen LogP contribution in [0.15, 0.2) is 55.1 Å². The molecule has 2 aromatic carbocycles. The number of hydrogen-bond acceptors (Lipinski definition) is 2. The Morgan fingerprint density at radius 3 is 2.50 bits per heavy atom. The fourth-order valence-electron chi connectivity index (χ4n) is 2.27. The van der Waals surface area contributed by atoms with Crippen LogP contribution in [-0.2, 0) is 0 Å². The molecular weight excluding hydrogens is 316 g/mol. The molecule has 2 N–H and O–H groups in total. The van der Waals surface area contributed by atoms with E-state index in [1.165, 1.54) is 16.7 Å². The van der Waals surface area contributed by atoms with Crippen molar-refractivity contribution < 1.29 is 4.74 Å². The predicted octanol–water partition coefficient (Wildman–Crippen LogP) is 4.92. The second-order valence-corrected chi connectivity index (χ2v) is 6.20. The molecule has 2 rings (SSSR count). The smallest absolute Gasteiger partial charge is 0.171 e. The van der Waals surface area contributed by atoms with E-state index in [0.29, 0.717) is 11.7 Å². The third kappa shape index (κ3) is 5.10. The summed E-state index contributed by atoms with van der Waals surface area (Å²) >= 11 is 5.41. The Kier molecular flexibility index (Phi) is 6.38. The van der Waals surface area contributed by atoms with Gasteiger partial charge in [0, 0.05) is 5.69 Å². The van der Waals surface area contributed by atoms with Crippen LogP contribution in [0.5, 0.6) is 5.75 Å². The summed E-state index contributed by atoms with van der Waals surface area (Å²) in [6.07, 6.45) is 1.72. The fourth-order valence-corrected chi connectivity index (χ4v) is 2.57. The van der Waals surface area contributed by atoms with Gasteiger partial charge in [-0.3, -0.25) is 0 Å². The van der Waals surface area contributed by atoms with Crippen molar-refractivity contribution in [3.63, 3.8) is 0 Å². The van der Waals surface area contributed by atoms with Gasteiger partial charge in [-0.25, -0.2) is 0 Å². The molecule has 24 heavy (non-hydrogen) atoms. The fraction of sp³-hybridized carbons (Fsp3) is 0.250. The molecule has 0 heterocycles. The SMILES string of the molecule is C=CCOc1ccc(NC(=S)N[C@@H](C)c2ccc(C)c(C)c2)cc1. The van der Waals surface area contributed by atoms with Crippen LogP contribution in [0.25, 0.3) is 0 Å². The highest BCUT2D eigenvalue weighted by Gasteiger charge is 2.08. The standard InChI is InChI=1S/C20H24N2OS/c1-5-12-23-19-10-8-18(9-11-19)22-20(24)21-16(4)17-7-6-14(2)15(3)13-17/h5-11,13,16H,1,12H2,2-4H3,(H2,21,22,24)/t16-/m0/s1. The van der Waals surface area contributed by atoms with Gasteiger partial charge in [-0.15, -0.1) is 0 Å². The molecule has 3 nitrogen and oxygen atoms in total. The molecule has 0 bridgehead atoms. The minimum atomic E-state index is 0.138. The first-order chi connectivity index (χ1) is 11.5. The first kappa shape index (κ1) is 18.0. The number of thiocarbonyl (C=S) groups is 1. The van der Waals surface area contributed by atoms with Crippen LogP contribution in [0.2, 0.25) is 0 Å². The van der Waals surface area contributed by atoms with Crippen molar-refractivity contribution in [1.82, 2.24) is 5.32 Å². The topological polar surface area (TPSA) is 33.3 Å². The van der Waals surface area contributed by atoms with Crippen molar-refractivity contribution in [2.45, 2.75) is 26.8 Å². The lowest BCUT2D eigenvalue weighted by molar-refractivity contribution is 0.363. The minimum absolute atomic E-state index is 0.138. The Balaban J connectivity index is 1.92. The van der Waals surface area contributed by atoms with Crippen molar-refractivity contribution in [2.75, 3.05) is 11.9 Å². The highest BCUT2D eigenvalue weighted by atomic mass is 32.1. The second kappa shape index (κ2) is 8.50. The van der Waals surface area contributed by atoms with Crippen molar-refractivity contribution in [1.29, 1.82) is 0 Å². The maximum Gasteiger partial charge on any atom is 0.171 e. The normalized spacial score (nSPS) is 11.5. The third-order valence-corrected chi connectivity index (χ3v) is 4.08. The zero-order chi connectivity index (χ0) is 17.5. The van der Waals surface area contributed by atoms with E-state index in [1.54, 1.807) is 6.08 Å². The Bertz CT molecular complexity index is 710. The molecule has 0 saturated carbocycles. The summed E-state index contributed by atoms with van der Waals surface area (Å²) in [6, 6.07) is 14.3. The van der Waals surface area contributed by atoms with E-state index in [2.05, 4.69) is 56.2 Å². The van der Waals surface area contributed by atoms with Crippen molar-refractivity contribution in [2.24, 2.45) is 0 Å². The van der Waals surface area contributed by atoms with E-state index in [0.717, 1.165) is 11.4 Å². The molecule has 0 saturated heterocycles. The summed E-state index contributed by atoms with van der Waals surface area (Å²) in [5.74, 6) is 0.808. The summed E-state index contributed by atoms with van der Waals surface area (Å²) < 4.78 is 5.46. The van der Waals surface area contributed by atoms with Gasteiger partial charge in [-0.1, -0.05) is 30.9 Å². The van der Waals surface area contributed by atoms with E-state index < -0.39 is 0 Å². The highest BCUT2D eigenvalue weighted by molar-refractivity contribution is 7.80. The Labute approximate surface area is 149 Å². The molecule has 0 aliphatic rings. The lowest BCUT2D eigenvalue weighted by Gasteiger charge is -2.18. The van der Waals surface area contributed by atoms with E-state index in [-0.39, 0.29) is 6.04 Å². The molecule has 1 atom stereocenters. The van der Waals surface area contributed by atoms with Crippen molar-refractivity contribution in [3.05, 3.63) is 71.8 Å². The Hall–Kier alpha value is -2.33. The highest BCUT2D eigenvalue weighted by Crippen LogP contribution is 2.18. The maximum absolute atomic E-state index is 5.46. The summed E-state index contributed by atoms with van der Waals surface area (Å²) in [6.45, 7) is 10.5. The summed E-state index contributed by atoms with van der Waals surface area (Å²) in [7, 11) is 0. The van der Waals surface area contributed by atoms with E-state index >= 15 is 0 Å². The molecule has 126 valence electrons. The molecule has 0 unspecified atom stereocenters. The summed E-state index contributed by atoms with van der Waals surface area (Å²) in [5, 5.41) is 7.11. The molecule has 0 aromatic heterocycles. The van der Waals surface area contributed by atoms with E-state index in [1.807, 2.05) is 24.3 Å². The van der Waals surface area contributed by atoms with E-state index in [4.69, 9.17) is 17.0 Å². The summed E-state index contributed by atoms with van der Waals surface area (Å²) in [5.41, 5.74) is 4.72. The largest absolute Gasteiger partial charge is 0.490 e. The average Bonchev–Trinajstić information content (AvgIpc) is 2.56. The van der Waals surface area contributed by atoms with Crippen LogP contribution in [0, 0.1) is 13.8 Å². The van der Waals surface area contributed by atoms with Gasteiger partial charge in [0.2, 0.25) is 0 Å². The quantitative estimate of drug-likeness (QED) is 0.578. The molecule has 0 spiro atoms. The third-order valence-electron chi connectivity index (χ3n) is 3.86. The molecule has 0 fully saturated rings. The van der Waals surface area contributed by atoms with Gasteiger partial charge < -0.3 is 15.4 Å². The number of anilines is 1. The van der Waals surface area contributed by atoms with Crippen LogP contribution in [0.1, 0.15) is 29.7 Å². The zero-order valence-electron chi connectivity index (χ0n) is 14.4. The number of nitrogens with one attached hydrogen (secondary N) is 2. The second-order valence-electron chi connectivity index (χ2n) is 5.79. The van der Waals surface area contributed by atoms with Gasteiger partial charge in [-0.05, 0) is 73.9 Å². The average molecular weight is 340 g/mol. The lowest BCUT2D eigenvalue weighted by Crippen LogP contribution is -2.30.